The van der Waals surface area contributed by atoms with E-state index in [1.54, 1.807) is 0 Å². The number of ether oxygens (including phenoxy) is 1. The molecule has 0 fully saturated rings. The van der Waals surface area contributed by atoms with Gasteiger partial charge in [0, 0.05) is 15.6 Å². The van der Waals surface area contributed by atoms with Gasteiger partial charge in [0.15, 0.2) is 0 Å². The molecule has 1 heterocycles. The Balaban J connectivity index is 1.97. The first-order chi connectivity index (χ1) is 9.24. The Kier molecular flexibility index (Phi) is 3.40. The van der Waals surface area contributed by atoms with Crippen LogP contribution < -0.4 is 4.74 Å². The highest BCUT2D eigenvalue weighted by atomic mass is 79.9. The third kappa shape index (κ3) is 2.57. The lowest BCUT2D eigenvalue weighted by Crippen LogP contribution is -2.17. The fourth-order valence-corrected chi connectivity index (χ4v) is 2.57. The number of hydrogen-bond donors (Lipinski definition) is 1. The van der Waals surface area contributed by atoms with Crippen LogP contribution in [0, 0.1) is 0 Å². The van der Waals surface area contributed by atoms with E-state index in [1.807, 2.05) is 54.6 Å². The topological polar surface area (TPSA) is 29.5 Å². The van der Waals surface area contributed by atoms with Crippen molar-refractivity contribution in [1.82, 2.24) is 0 Å². The van der Waals surface area contributed by atoms with Gasteiger partial charge in [-0.1, -0.05) is 46.3 Å². The molecule has 0 aliphatic carbocycles. The molecule has 19 heavy (non-hydrogen) atoms. The van der Waals surface area contributed by atoms with Crippen molar-refractivity contribution in [2.24, 2.45) is 0 Å². The molecule has 0 aromatic heterocycles. The summed E-state index contributed by atoms with van der Waals surface area (Å²) in [4.78, 5) is 0. The Labute approximate surface area is 120 Å². The quantitative estimate of drug-likeness (QED) is 0.863. The van der Waals surface area contributed by atoms with Gasteiger partial charge in [0.1, 0.15) is 18.5 Å². The zero-order chi connectivity index (χ0) is 13.2. The molecule has 0 radical (unpaired) electrons. The third-order valence-electron chi connectivity index (χ3n) is 3.16. The molecule has 3 rings (SSSR count). The van der Waals surface area contributed by atoms with Crippen LogP contribution in [0.1, 0.15) is 17.2 Å². The summed E-state index contributed by atoms with van der Waals surface area (Å²) in [5, 5.41) is 10.4. The Morgan fingerprint density at radius 2 is 1.95 bits per heavy atom. The summed E-state index contributed by atoms with van der Waals surface area (Å²) in [5.74, 6) is 0.751. The second-order valence-electron chi connectivity index (χ2n) is 4.50. The van der Waals surface area contributed by atoms with Crippen LogP contribution in [-0.2, 0) is 0 Å². The highest BCUT2D eigenvalue weighted by molar-refractivity contribution is 9.10. The lowest BCUT2D eigenvalue weighted by Gasteiger charge is -2.25. The predicted molar refractivity (Wildman–Crippen MR) is 79.0 cm³/mol. The van der Waals surface area contributed by atoms with Crippen molar-refractivity contribution in [3.8, 4) is 5.75 Å². The molecule has 1 N–H and O–H groups in total. The minimum Gasteiger partial charge on any atom is -0.489 e. The minimum absolute atomic E-state index is 0.421. The zero-order valence-corrected chi connectivity index (χ0v) is 11.8. The van der Waals surface area contributed by atoms with E-state index in [4.69, 9.17) is 4.74 Å². The number of hydrogen-bond acceptors (Lipinski definition) is 2. The van der Waals surface area contributed by atoms with Gasteiger partial charge in [-0.3, -0.25) is 0 Å². The summed E-state index contributed by atoms with van der Waals surface area (Å²) in [6.45, 7) is 0.421. The first-order valence-electron chi connectivity index (χ1n) is 6.10. The van der Waals surface area contributed by atoms with Gasteiger partial charge >= 0.3 is 0 Å². The number of benzene rings is 2. The summed E-state index contributed by atoms with van der Waals surface area (Å²) in [6.07, 6.45) is 1.37. The first kappa shape index (κ1) is 12.5. The van der Waals surface area contributed by atoms with E-state index >= 15 is 0 Å². The third-order valence-corrected chi connectivity index (χ3v) is 3.66. The van der Waals surface area contributed by atoms with E-state index in [2.05, 4.69) is 15.9 Å². The molecule has 1 aliphatic heterocycles. The highest BCUT2D eigenvalue weighted by Crippen LogP contribution is 2.37. The summed E-state index contributed by atoms with van der Waals surface area (Å²) in [6, 6.07) is 15.6. The van der Waals surface area contributed by atoms with Crippen molar-refractivity contribution in [1.29, 1.82) is 0 Å². The molecular weight excluding hydrogens is 304 g/mol. The molecule has 0 saturated heterocycles. The second kappa shape index (κ2) is 5.19. The van der Waals surface area contributed by atoms with Crippen LogP contribution in [0.2, 0.25) is 0 Å². The SMILES string of the molecule is OC1/C(=C/c2ccccc2)COc2ccc(Br)cc21. The molecule has 96 valence electrons. The summed E-state index contributed by atoms with van der Waals surface area (Å²) >= 11 is 3.42. The number of halogens is 1. The number of rotatable bonds is 1. The number of aliphatic hydroxyl groups is 1. The van der Waals surface area contributed by atoms with E-state index in [-0.39, 0.29) is 0 Å². The zero-order valence-electron chi connectivity index (χ0n) is 10.2. The van der Waals surface area contributed by atoms with E-state index in [0.29, 0.717) is 6.61 Å². The van der Waals surface area contributed by atoms with Crippen molar-refractivity contribution >= 4 is 22.0 Å². The van der Waals surface area contributed by atoms with Gasteiger partial charge in [0.2, 0.25) is 0 Å². The maximum atomic E-state index is 10.4. The highest BCUT2D eigenvalue weighted by Gasteiger charge is 2.23. The molecule has 1 atom stereocenters. The Morgan fingerprint density at radius 3 is 2.74 bits per heavy atom. The maximum Gasteiger partial charge on any atom is 0.126 e. The van der Waals surface area contributed by atoms with E-state index in [0.717, 1.165) is 26.9 Å². The van der Waals surface area contributed by atoms with Crippen molar-refractivity contribution in [2.45, 2.75) is 6.10 Å². The molecule has 1 aliphatic rings. The summed E-state index contributed by atoms with van der Waals surface area (Å²) in [7, 11) is 0. The average Bonchev–Trinajstić information content (AvgIpc) is 2.44. The van der Waals surface area contributed by atoms with Crippen molar-refractivity contribution in [3.63, 3.8) is 0 Å². The van der Waals surface area contributed by atoms with Crippen LogP contribution in [0.4, 0.5) is 0 Å². The fraction of sp³-hybridized carbons (Fsp3) is 0.125. The van der Waals surface area contributed by atoms with Crippen LogP contribution in [-0.4, -0.2) is 11.7 Å². The molecule has 2 nitrogen and oxygen atoms in total. The van der Waals surface area contributed by atoms with Crippen LogP contribution in [0.15, 0.2) is 58.6 Å². The van der Waals surface area contributed by atoms with Gasteiger partial charge < -0.3 is 9.84 Å². The lowest BCUT2D eigenvalue weighted by atomic mass is 9.97. The standard InChI is InChI=1S/C16H13BrO2/c17-13-6-7-15-14(9-13)16(18)12(10-19-15)8-11-4-2-1-3-5-11/h1-9,16,18H,10H2/b12-8+. The Bertz CT molecular complexity index is 620. The van der Waals surface area contributed by atoms with Gasteiger partial charge in [0.05, 0.1) is 0 Å². The Morgan fingerprint density at radius 1 is 1.16 bits per heavy atom. The van der Waals surface area contributed by atoms with E-state index in [1.165, 1.54) is 0 Å². The summed E-state index contributed by atoms with van der Waals surface area (Å²) < 4.78 is 6.62. The van der Waals surface area contributed by atoms with Crippen molar-refractivity contribution < 1.29 is 9.84 Å². The molecule has 0 saturated carbocycles. The van der Waals surface area contributed by atoms with Gasteiger partial charge in [-0.25, -0.2) is 0 Å². The van der Waals surface area contributed by atoms with Crippen molar-refractivity contribution in [3.05, 3.63) is 69.7 Å². The monoisotopic (exact) mass is 316 g/mol. The number of fused-ring (bicyclic) bond motifs is 1. The van der Waals surface area contributed by atoms with E-state index < -0.39 is 6.10 Å². The molecule has 3 heteroatoms. The van der Waals surface area contributed by atoms with Gasteiger partial charge in [0.25, 0.3) is 0 Å². The molecule has 0 spiro atoms. The summed E-state index contributed by atoms with van der Waals surface area (Å²) in [5.41, 5.74) is 2.75. The minimum atomic E-state index is -0.610. The average molecular weight is 317 g/mol. The van der Waals surface area contributed by atoms with Crippen molar-refractivity contribution in [2.75, 3.05) is 6.61 Å². The molecule has 2 aromatic carbocycles. The molecule has 1 unspecified atom stereocenters. The molecular formula is C16H13BrO2. The molecule has 0 amide bonds. The van der Waals surface area contributed by atoms with E-state index in [9.17, 15) is 5.11 Å². The largest absolute Gasteiger partial charge is 0.489 e. The number of aliphatic hydroxyl groups excluding tert-OH is 1. The van der Waals surface area contributed by atoms with Gasteiger partial charge in [-0.15, -0.1) is 0 Å². The normalized spacial score (nSPS) is 19.9. The second-order valence-corrected chi connectivity index (χ2v) is 5.42. The molecule has 0 bridgehead atoms. The maximum absolute atomic E-state index is 10.4. The lowest BCUT2D eigenvalue weighted by molar-refractivity contribution is 0.172. The predicted octanol–water partition coefficient (Wildman–Crippen LogP) is 3.96. The first-order valence-corrected chi connectivity index (χ1v) is 6.89. The fourth-order valence-electron chi connectivity index (χ4n) is 2.19. The Hall–Kier alpha value is -1.58. The van der Waals surface area contributed by atoms with Crippen LogP contribution >= 0.6 is 15.9 Å². The van der Waals surface area contributed by atoms with Crippen LogP contribution in [0.3, 0.4) is 0 Å². The smallest absolute Gasteiger partial charge is 0.126 e. The van der Waals surface area contributed by atoms with Crippen LogP contribution in [0.25, 0.3) is 6.08 Å². The van der Waals surface area contributed by atoms with Crippen LogP contribution in [0.5, 0.6) is 5.75 Å². The van der Waals surface area contributed by atoms with Gasteiger partial charge in [-0.2, -0.15) is 0 Å². The molecule has 2 aromatic rings. The van der Waals surface area contributed by atoms with Gasteiger partial charge in [-0.05, 0) is 29.8 Å².